The summed E-state index contributed by atoms with van der Waals surface area (Å²) in [5.41, 5.74) is 3.35. The van der Waals surface area contributed by atoms with E-state index in [1.54, 1.807) is 0 Å². The average Bonchev–Trinajstić information content (AvgIpc) is 2.19. The fourth-order valence-electron chi connectivity index (χ4n) is 1.05. The van der Waals surface area contributed by atoms with Gasteiger partial charge in [0.05, 0.1) is 0 Å². The molecule has 0 spiro atoms. The van der Waals surface area contributed by atoms with Crippen molar-refractivity contribution in [2.24, 2.45) is 0 Å². The molecule has 0 aliphatic rings. The van der Waals surface area contributed by atoms with Crippen molar-refractivity contribution in [1.29, 1.82) is 0 Å². The second-order valence-electron chi connectivity index (χ2n) is 3.42. The zero-order chi connectivity index (χ0) is 10.6. The molecule has 0 aliphatic carbocycles. The topological polar surface area (TPSA) is 12.0 Å². The number of hydrogen-bond donors (Lipinski definition) is 1. The molecular formula is C12H16ClN. The molecule has 1 rings (SSSR count). The number of rotatable bonds is 4. The fraction of sp³-hybridized carbons (Fsp3) is 0.333. The molecule has 1 aromatic rings. The van der Waals surface area contributed by atoms with E-state index >= 15 is 0 Å². The molecule has 0 radical (unpaired) electrons. The Morgan fingerprint density at radius 3 is 2.79 bits per heavy atom. The van der Waals surface area contributed by atoms with Gasteiger partial charge >= 0.3 is 0 Å². The van der Waals surface area contributed by atoms with Crippen LogP contribution in [0.25, 0.3) is 0 Å². The SMILES string of the molecule is C=C(CC)CNc1ccc(C)c(Cl)c1. The Hall–Kier alpha value is -0.950. The van der Waals surface area contributed by atoms with E-state index in [2.05, 4.69) is 18.8 Å². The number of halogens is 1. The van der Waals surface area contributed by atoms with Crippen LogP contribution in [0, 0.1) is 6.92 Å². The third-order valence-corrected chi connectivity index (χ3v) is 2.62. The maximum absolute atomic E-state index is 6.00. The first-order valence-electron chi connectivity index (χ1n) is 4.80. The summed E-state index contributed by atoms with van der Waals surface area (Å²) in [6.45, 7) is 8.85. The predicted molar refractivity (Wildman–Crippen MR) is 64.1 cm³/mol. The van der Waals surface area contributed by atoms with Crippen LogP contribution in [0.4, 0.5) is 5.69 Å². The smallest absolute Gasteiger partial charge is 0.0455 e. The van der Waals surface area contributed by atoms with Crippen LogP contribution in [0.5, 0.6) is 0 Å². The summed E-state index contributed by atoms with van der Waals surface area (Å²) in [6.07, 6.45) is 1.01. The van der Waals surface area contributed by atoms with Gasteiger partial charge in [-0.05, 0) is 31.0 Å². The summed E-state index contributed by atoms with van der Waals surface area (Å²) in [7, 11) is 0. The van der Waals surface area contributed by atoms with Crippen molar-refractivity contribution in [3.8, 4) is 0 Å². The molecule has 0 saturated heterocycles. The standard InChI is InChI=1S/C12H16ClN/c1-4-9(2)8-14-11-6-5-10(3)12(13)7-11/h5-7,14H,2,4,8H2,1,3H3. The zero-order valence-corrected chi connectivity index (χ0v) is 9.49. The van der Waals surface area contributed by atoms with Crippen LogP contribution < -0.4 is 5.32 Å². The number of nitrogens with one attached hydrogen (secondary N) is 1. The molecule has 0 bridgehead atoms. The monoisotopic (exact) mass is 209 g/mol. The van der Waals surface area contributed by atoms with E-state index in [-0.39, 0.29) is 0 Å². The van der Waals surface area contributed by atoms with Gasteiger partial charge in [-0.2, -0.15) is 0 Å². The summed E-state index contributed by atoms with van der Waals surface area (Å²) in [5, 5.41) is 4.08. The van der Waals surface area contributed by atoms with Crippen molar-refractivity contribution in [1.82, 2.24) is 0 Å². The highest BCUT2D eigenvalue weighted by atomic mass is 35.5. The molecule has 1 nitrogen and oxygen atoms in total. The Bertz CT molecular complexity index is 331. The Morgan fingerprint density at radius 2 is 2.21 bits per heavy atom. The number of anilines is 1. The van der Waals surface area contributed by atoms with E-state index < -0.39 is 0 Å². The molecule has 0 atom stereocenters. The van der Waals surface area contributed by atoms with Crippen molar-refractivity contribution in [3.05, 3.63) is 40.9 Å². The van der Waals surface area contributed by atoms with Crippen LogP contribution in [0.2, 0.25) is 5.02 Å². The van der Waals surface area contributed by atoms with Crippen LogP contribution in [0.3, 0.4) is 0 Å². The first kappa shape index (κ1) is 11.1. The van der Waals surface area contributed by atoms with Gasteiger partial charge in [-0.1, -0.05) is 36.7 Å². The maximum atomic E-state index is 6.00. The minimum atomic E-state index is 0.803. The van der Waals surface area contributed by atoms with Crippen molar-refractivity contribution < 1.29 is 0 Å². The Morgan fingerprint density at radius 1 is 1.50 bits per heavy atom. The molecule has 0 fully saturated rings. The highest BCUT2D eigenvalue weighted by molar-refractivity contribution is 6.31. The van der Waals surface area contributed by atoms with Gasteiger partial charge in [-0.25, -0.2) is 0 Å². The minimum Gasteiger partial charge on any atom is -0.381 e. The molecule has 0 aromatic heterocycles. The lowest BCUT2D eigenvalue weighted by Gasteiger charge is -2.08. The van der Waals surface area contributed by atoms with Gasteiger partial charge in [0.15, 0.2) is 0 Å². The van der Waals surface area contributed by atoms with Gasteiger partial charge in [0.2, 0.25) is 0 Å². The molecule has 14 heavy (non-hydrogen) atoms. The summed E-state index contributed by atoms with van der Waals surface area (Å²) in [6, 6.07) is 5.99. The Balaban J connectivity index is 2.60. The quantitative estimate of drug-likeness (QED) is 0.739. The van der Waals surface area contributed by atoms with E-state index in [0.29, 0.717) is 0 Å². The molecular weight excluding hydrogens is 194 g/mol. The number of hydrogen-bond acceptors (Lipinski definition) is 1. The zero-order valence-electron chi connectivity index (χ0n) is 8.73. The summed E-state index contributed by atoms with van der Waals surface area (Å²) in [5.74, 6) is 0. The Labute approximate surface area is 90.8 Å². The third-order valence-electron chi connectivity index (χ3n) is 2.21. The lowest BCUT2D eigenvalue weighted by atomic mass is 10.2. The first-order valence-corrected chi connectivity index (χ1v) is 5.18. The van der Waals surface area contributed by atoms with E-state index in [9.17, 15) is 0 Å². The molecule has 1 N–H and O–H groups in total. The third kappa shape index (κ3) is 3.08. The number of benzene rings is 1. The van der Waals surface area contributed by atoms with E-state index in [1.807, 2.05) is 25.1 Å². The van der Waals surface area contributed by atoms with E-state index in [4.69, 9.17) is 11.6 Å². The number of aryl methyl sites for hydroxylation is 1. The maximum Gasteiger partial charge on any atom is 0.0455 e. The normalized spacial score (nSPS) is 9.93. The molecule has 76 valence electrons. The predicted octanol–water partition coefficient (Wildman–Crippen LogP) is 4.03. The summed E-state index contributed by atoms with van der Waals surface area (Å²) < 4.78 is 0. The van der Waals surface area contributed by atoms with Crippen LogP contribution in [-0.2, 0) is 0 Å². The van der Waals surface area contributed by atoms with E-state index in [0.717, 1.165) is 29.2 Å². The molecule has 0 aliphatic heterocycles. The summed E-state index contributed by atoms with van der Waals surface area (Å²) in [4.78, 5) is 0. The molecule has 0 amide bonds. The average molecular weight is 210 g/mol. The fourth-order valence-corrected chi connectivity index (χ4v) is 1.24. The van der Waals surface area contributed by atoms with E-state index in [1.165, 1.54) is 5.57 Å². The second kappa shape index (κ2) is 5.06. The molecule has 1 aromatic carbocycles. The minimum absolute atomic E-state index is 0.803. The van der Waals surface area contributed by atoms with Gasteiger partial charge in [0.25, 0.3) is 0 Å². The van der Waals surface area contributed by atoms with Gasteiger partial charge in [-0.3, -0.25) is 0 Å². The first-order chi connectivity index (χ1) is 6.63. The van der Waals surface area contributed by atoms with Crippen molar-refractivity contribution in [3.63, 3.8) is 0 Å². The molecule has 0 heterocycles. The Kier molecular flexibility index (Phi) is 4.02. The highest BCUT2D eigenvalue weighted by Crippen LogP contribution is 2.20. The second-order valence-corrected chi connectivity index (χ2v) is 3.83. The van der Waals surface area contributed by atoms with Gasteiger partial charge in [0.1, 0.15) is 0 Å². The van der Waals surface area contributed by atoms with Crippen LogP contribution in [-0.4, -0.2) is 6.54 Å². The van der Waals surface area contributed by atoms with Crippen LogP contribution in [0.1, 0.15) is 18.9 Å². The van der Waals surface area contributed by atoms with Crippen LogP contribution in [0.15, 0.2) is 30.4 Å². The molecule has 0 unspecified atom stereocenters. The van der Waals surface area contributed by atoms with Gasteiger partial charge < -0.3 is 5.32 Å². The molecule has 0 saturated carbocycles. The van der Waals surface area contributed by atoms with Crippen molar-refractivity contribution in [2.45, 2.75) is 20.3 Å². The lowest BCUT2D eigenvalue weighted by Crippen LogP contribution is -2.03. The van der Waals surface area contributed by atoms with Crippen molar-refractivity contribution >= 4 is 17.3 Å². The molecule has 2 heteroatoms. The largest absolute Gasteiger partial charge is 0.381 e. The van der Waals surface area contributed by atoms with Crippen LogP contribution >= 0.6 is 11.6 Å². The van der Waals surface area contributed by atoms with Crippen molar-refractivity contribution in [2.75, 3.05) is 11.9 Å². The lowest BCUT2D eigenvalue weighted by molar-refractivity contribution is 1.05. The van der Waals surface area contributed by atoms with Gasteiger partial charge in [0, 0.05) is 17.3 Å². The summed E-state index contributed by atoms with van der Waals surface area (Å²) >= 11 is 6.00. The van der Waals surface area contributed by atoms with Gasteiger partial charge in [-0.15, -0.1) is 0 Å². The highest BCUT2D eigenvalue weighted by Gasteiger charge is 1.97.